The van der Waals surface area contributed by atoms with Crippen LogP contribution in [0, 0.1) is 0 Å². The standard InChI is InChI=1S/2C36H54N2O2.BF3.2Co/c2*1-33(2,3)25-17-23(31(39)27(19-25)35(7,8)9)21-37-29-15-13-14-16-30(29)38-22-24-18-26(34(4,5)6)20-28(32(24)40)36(10,11)12;2-1(3)4;;/h2*17-22,29-30,39-40H,13-16H2,1-12H3;;;/q;;;2*+2/p-4/t2*29-,30-;;;/m00.../s1. The maximum atomic E-state index is 13.5. The van der Waals surface area contributed by atoms with Gasteiger partial charge in [0.15, 0.2) is 0 Å². The van der Waals surface area contributed by atoms with Gasteiger partial charge in [-0.25, -0.2) is 0 Å². The molecular formula is C72H104BCo2F3N4O4. The van der Waals surface area contributed by atoms with E-state index in [1.54, 1.807) is 24.9 Å². The van der Waals surface area contributed by atoms with E-state index >= 15 is 0 Å². The van der Waals surface area contributed by atoms with Crippen LogP contribution in [0.25, 0.3) is 0 Å². The predicted octanol–water partition coefficient (Wildman–Crippen LogP) is 16.6. The van der Waals surface area contributed by atoms with Crippen LogP contribution in [0.5, 0.6) is 23.0 Å². The van der Waals surface area contributed by atoms with E-state index in [4.69, 9.17) is 20.0 Å². The first-order valence-electron chi connectivity index (χ1n) is 30.6. The molecule has 86 heavy (non-hydrogen) atoms. The first-order chi connectivity index (χ1) is 38.1. The summed E-state index contributed by atoms with van der Waals surface area (Å²) in [5, 5.41) is 53.9. The van der Waals surface area contributed by atoms with Crippen LogP contribution in [0.4, 0.5) is 12.9 Å². The number of benzene rings is 4. The Labute approximate surface area is 539 Å². The Morgan fingerprint density at radius 1 is 0.314 bits per heavy atom. The van der Waals surface area contributed by atoms with Crippen molar-refractivity contribution < 1.29 is 66.9 Å². The normalized spacial score (nSPS) is 18.5. The Morgan fingerprint density at radius 3 is 0.593 bits per heavy atom. The van der Waals surface area contributed by atoms with Crippen LogP contribution < -0.4 is 20.4 Å². The van der Waals surface area contributed by atoms with Gasteiger partial charge in [-0.15, -0.1) is 0 Å². The second-order valence-corrected chi connectivity index (χ2v) is 32.0. The number of hydrogen-bond acceptors (Lipinski definition) is 8. The van der Waals surface area contributed by atoms with Crippen molar-refractivity contribution in [2.24, 2.45) is 20.0 Å². The minimum atomic E-state index is -3.67. The van der Waals surface area contributed by atoms with Gasteiger partial charge in [-0.3, -0.25) is 32.9 Å². The molecule has 2 aliphatic carbocycles. The average Bonchev–Trinajstić information content (AvgIpc) is 2.21. The molecule has 2 radical (unpaired) electrons. The van der Waals surface area contributed by atoms with Crippen molar-refractivity contribution in [2.45, 2.75) is 285 Å². The van der Waals surface area contributed by atoms with Crippen molar-refractivity contribution in [2.75, 3.05) is 0 Å². The second kappa shape index (κ2) is 30.0. The first-order valence-corrected chi connectivity index (χ1v) is 30.6. The van der Waals surface area contributed by atoms with Crippen LogP contribution >= 0.6 is 0 Å². The molecule has 0 bridgehead atoms. The van der Waals surface area contributed by atoms with Gasteiger partial charge in [-0.05, 0) is 136 Å². The first kappa shape index (κ1) is 77.7. The Kier molecular flexibility index (Phi) is 27.1. The van der Waals surface area contributed by atoms with Crippen molar-refractivity contribution in [3.8, 4) is 23.0 Å². The topological polar surface area (TPSA) is 142 Å². The van der Waals surface area contributed by atoms with Crippen LogP contribution in [0.3, 0.4) is 0 Å². The summed E-state index contributed by atoms with van der Waals surface area (Å²) in [6.45, 7) is 51.2. The summed E-state index contributed by atoms with van der Waals surface area (Å²) in [6.07, 6.45) is 15.3. The van der Waals surface area contributed by atoms with Crippen molar-refractivity contribution in [3.05, 3.63) is 115 Å². The van der Waals surface area contributed by atoms with Gasteiger partial charge in [0.05, 0.1) is 24.2 Å². The van der Waals surface area contributed by atoms with Gasteiger partial charge in [-0.1, -0.05) is 263 Å². The molecule has 0 saturated heterocycles. The Morgan fingerprint density at radius 2 is 0.465 bits per heavy atom. The van der Waals surface area contributed by atoms with E-state index in [1.807, 2.05) is 24.3 Å². The summed E-state index contributed by atoms with van der Waals surface area (Å²) >= 11 is 0. The fraction of sp³-hybridized carbons (Fsp3) is 0.611. The number of rotatable bonds is 8. The van der Waals surface area contributed by atoms with Gasteiger partial charge in [0.2, 0.25) is 0 Å². The maximum absolute atomic E-state index is 13.5. The molecule has 0 heterocycles. The van der Waals surface area contributed by atoms with E-state index in [0.29, 0.717) is 22.3 Å². The SMILES string of the molecule is CC(C)(C)c1cc(C=N[C@H]2CCCC[C@@H]2N=Cc2cc(C(C)(C)C)cc(C(C)(C)C)c2[O-])c([O-])c(C(C)(C)C)c1.CC(C)(C)c1cc(C=N[C@H]2CCCC[C@@H]2N=Cc2cc(C(C)(C)C)cc(C(C)(C)C)c2[O-])c([O-])c(C(C)(C)C)c1.FB(F)F.[Co+2].[Co+2]. The summed E-state index contributed by atoms with van der Waals surface area (Å²) in [4.78, 5) is 19.9. The fourth-order valence-corrected chi connectivity index (χ4v) is 10.5. The molecule has 0 spiro atoms. The number of aliphatic imine (C=N–C) groups is 4. The molecule has 14 heteroatoms. The van der Waals surface area contributed by atoms with Crippen molar-refractivity contribution in [1.29, 1.82) is 0 Å². The number of hydrogen-bond donors (Lipinski definition) is 0. The minimum Gasteiger partial charge on any atom is -0.872 e. The zero-order valence-electron chi connectivity index (χ0n) is 56.7. The zero-order chi connectivity index (χ0) is 64.1. The smallest absolute Gasteiger partial charge is 0.872 e. The quantitative estimate of drug-likeness (QED) is 0.128. The largest absolute Gasteiger partial charge is 2.00 e. The van der Waals surface area contributed by atoms with Crippen molar-refractivity contribution in [3.63, 3.8) is 0 Å². The summed E-state index contributed by atoms with van der Waals surface area (Å²) in [5.41, 5.74) is 9.24. The van der Waals surface area contributed by atoms with Crippen LogP contribution in [-0.4, -0.2) is 56.6 Å². The van der Waals surface area contributed by atoms with E-state index in [0.717, 1.165) is 95.9 Å². The summed E-state index contributed by atoms with van der Waals surface area (Å²) in [6, 6.07) is 16.3. The van der Waals surface area contributed by atoms with Gasteiger partial charge in [0, 0.05) is 24.9 Å². The molecular weight excluding hydrogens is 1170 g/mol. The molecule has 4 aromatic rings. The molecule has 6 rings (SSSR count). The third-order valence-electron chi connectivity index (χ3n) is 16.2. The van der Waals surface area contributed by atoms with E-state index in [2.05, 4.69) is 190 Å². The number of nitrogens with zero attached hydrogens (tertiary/aromatic N) is 4. The third-order valence-corrected chi connectivity index (χ3v) is 16.2. The van der Waals surface area contributed by atoms with E-state index in [-0.39, 0.29) is 124 Å². The Hall–Kier alpha value is -4.37. The van der Waals surface area contributed by atoms with Gasteiger partial charge in [0.25, 0.3) is 0 Å². The predicted molar refractivity (Wildman–Crippen MR) is 345 cm³/mol. The molecule has 0 aliphatic heterocycles. The summed E-state index contributed by atoms with van der Waals surface area (Å²) < 4.78 is 29.0. The molecule has 2 aliphatic rings. The minimum absolute atomic E-state index is 0. The Bertz CT molecular complexity index is 2610. The summed E-state index contributed by atoms with van der Waals surface area (Å²) in [7, 11) is -3.67. The molecule has 0 unspecified atom stereocenters. The average molecular weight is 1280 g/mol. The molecule has 4 aromatic carbocycles. The molecule has 0 aromatic heterocycles. The molecule has 2 fully saturated rings. The van der Waals surface area contributed by atoms with Crippen LogP contribution in [-0.2, 0) is 76.9 Å². The van der Waals surface area contributed by atoms with Crippen molar-refractivity contribution >= 4 is 32.4 Å². The van der Waals surface area contributed by atoms with E-state index < -0.39 is 7.54 Å². The van der Waals surface area contributed by atoms with Gasteiger partial charge < -0.3 is 20.4 Å². The molecule has 0 amide bonds. The summed E-state index contributed by atoms with van der Waals surface area (Å²) in [5.74, 6) is 0.240. The van der Waals surface area contributed by atoms with Crippen LogP contribution in [0.1, 0.15) is 284 Å². The van der Waals surface area contributed by atoms with E-state index in [9.17, 15) is 33.4 Å². The molecule has 4 atom stereocenters. The molecule has 0 N–H and O–H groups in total. The number of halogens is 3. The van der Waals surface area contributed by atoms with Gasteiger partial charge >= 0.3 is 41.1 Å². The molecule has 478 valence electrons. The van der Waals surface area contributed by atoms with E-state index in [1.165, 1.54) is 0 Å². The zero-order valence-corrected chi connectivity index (χ0v) is 58.8. The second-order valence-electron chi connectivity index (χ2n) is 32.0. The fourth-order valence-electron chi connectivity index (χ4n) is 10.5. The third kappa shape index (κ3) is 22.0. The van der Waals surface area contributed by atoms with Gasteiger partial charge in [0.1, 0.15) is 0 Å². The van der Waals surface area contributed by atoms with Crippen LogP contribution in [0.15, 0.2) is 68.5 Å². The van der Waals surface area contributed by atoms with Crippen LogP contribution in [0.2, 0.25) is 0 Å². The van der Waals surface area contributed by atoms with Crippen molar-refractivity contribution in [1.82, 2.24) is 0 Å². The monoisotopic (exact) mass is 1270 g/mol. The molecule has 2 saturated carbocycles. The van der Waals surface area contributed by atoms with Gasteiger partial charge in [-0.2, -0.15) is 0 Å². The molecule has 8 nitrogen and oxygen atoms in total. The Balaban J connectivity index is 0.000000540. The maximum Gasteiger partial charge on any atom is 2.00 e.